The molecule has 0 bridgehead atoms. The van der Waals surface area contributed by atoms with Gasteiger partial charge in [-0.2, -0.15) is 0 Å². The van der Waals surface area contributed by atoms with Gasteiger partial charge in [0, 0.05) is 18.2 Å². The Kier molecular flexibility index (Phi) is 2.81. The quantitative estimate of drug-likeness (QED) is 0.840. The molecule has 0 amide bonds. The van der Waals surface area contributed by atoms with Crippen molar-refractivity contribution in [2.75, 3.05) is 5.73 Å². The van der Waals surface area contributed by atoms with E-state index in [1.807, 2.05) is 6.92 Å². The second kappa shape index (κ2) is 4.26. The van der Waals surface area contributed by atoms with Crippen molar-refractivity contribution in [3.8, 4) is 11.1 Å². The van der Waals surface area contributed by atoms with Gasteiger partial charge in [0.1, 0.15) is 17.5 Å². The van der Waals surface area contributed by atoms with Crippen molar-refractivity contribution in [2.45, 2.75) is 13.3 Å². The molecule has 0 aliphatic rings. The van der Waals surface area contributed by atoms with Gasteiger partial charge in [-0.1, -0.05) is 19.1 Å². The molecule has 4 heteroatoms. The Morgan fingerprint density at radius 3 is 2.81 bits per heavy atom. The van der Waals surface area contributed by atoms with Gasteiger partial charge in [-0.05, 0) is 17.7 Å². The number of nitrogens with two attached hydrogens (primary N) is 1. The largest absolute Gasteiger partial charge is 0.383 e. The lowest BCUT2D eigenvalue weighted by Gasteiger charge is -2.05. The number of nitrogens with zero attached hydrogens (tertiary/aromatic N) is 2. The maximum absolute atomic E-state index is 13.0. The summed E-state index contributed by atoms with van der Waals surface area (Å²) in [5, 5.41) is 0. The maximum atomic E-state index is 13.0. The van der Waals surface area contributed by atoms with Crippen molar-refractivity contribution in [1.82, 2.24) is 9.97 Å². The Morgan fingerprint density at radius 2 is 2.19 bits per heavy atom. The van der Waals surface area contributed by atoms with E-state index in [1.54, 1.807) is 18.3 Å². The molecule has 0 aliphatic heterocycles. The summed E-state index contributed by atoms with van der Waals surface area (Å²) in [7, 11) is 0. The Hall–Kier alpha value is -1.97. The molecule has 0 radical (unpaired) electrons. The molecule has 0 spiro atoms. The summed E-state index contributed by atoms with van der Waals surface area (Å²) >= 11 is 0. The van der Waals surface area contributed by atoms with Crippen molar-refractivity contribution in [3.63, 3.8) is 0 Å². The minimum atomic E-state index is -0.295. The van der Waals surface area contributed by atoms with Crippen LogP contribution in [0.15, 0.2) is 30.5 Å². The Labute approximate surface area is 93.2 Å². The van der Waals surface area contributed by atoms with Crippen LogP contribution in [0.25, 0.3) is 11.1 Å². The van der Waals surface area contributed by atoms with E-state index in [9.17, 15) is 4.39 Å². The molecule has 1 aromatic carbocycles. The lowest BCUT2D eigenvalue weighted by atomic mass is 10.1. The molecule has 0 saturated heterocycles. The third-order valence-corrected chi connectivity index (χ3v) is 2.32. The number of rotatable bonds is 2. The number of hydrogen-bond acceptors (Lipinski definition) is 3. The van der Waals surface area contributed by atoms with Crippen LogP contribution in [-0.2, 0) is 6.42 Å². The average Bonchev–Trinajstić information content (AvgIpc) is 2.28. The monoisotopic (exact) mass is 217 g/mol. The van der Waals surface area contributed by atoms with E-state index in [-0.39, 0.29) is 5.82 Å². The highest BCUT2D eigenvalue weighted by atomic mass is 19.1. The van der Waals surface area contributed by atoms with Gasteiger partial charge in [0.05, 0.1) is 0 Å². The van der Waals surface area contributed by atoms with Crippen LogP contribution < -0.4 is 5.73 Å². The molecular weight excluding hydrogens is 205 g/mol. The first-order chi connectivity index (χ1) is 7.70. The number of aryl methyl sites for hydroxylation is 1. The summed E-state index contributed by atoms with van der Waals surface area (Å²) < 4.78 is 13.0. The van der Waals surface area contributed by atoms with Crippen molar-refractivity contribution >= 4 is 5.82 Å². The van der Waals surface area contributed by atoms with Crippen LogP contribution in [0.3, 0.4) is 0 Å². The average molecular weight is 217 g/mol. The number of aromatic nitrogens is 2. The van der Waals surface area contributed by atoms with E-state index in [4.69, 9.17) is 5.73 Å². The second-order valence-electron chi connectivity index (χ2n) is 3.45. The van der Waals surface area contributed by atoms with Gasteiger partial charge in [-0.3, -0.25) is 0 Å². The first-order valence-electron chi connectivity index (χ1n) is 5.08. The van der Waals surface area contributed by atoms with Gasteiger partial charge in [0.2, 0.25) is 0 Å². The van der Waals surface area contributed by atoms with Crippen LogP contribution in [0.4, 0.5) is 10.2 Å². The highest BCUT2D eigenvalue weighted by Crippen LogP contribution is 2.23. The van der Waals surface area contributed by atoms with E-state index in [1.165, 1.54) is 12.1 Å². The predicted molar refractivity (Wildman–Crippen MR) is 61.2 cm³/mol. The summed E-state index contributed by atoms with van der Waals surface area (Å²) in [5.74, 6) is 0.784. The third-order valence-electron chi connectivity index (χ3n) is 2.32. The molecule has 82 valence electrons. The van der Waals surface area contributed by atoms with Gasteiger partial charge in [-0.25, -0.2) is 14.4 Å². The summed E-state index contributed by atoms with van der Waals surface area (Å²) in [5.41, 5.74) is 7.16. The van der Waals surface area contributed by atoms with Crippen LogP contribution in [0, 0.1) is 5.82 Å². The van der Waals surface area contributed by atoms with E-state index in [0.29, 0.717) is 22.8 Å². The summed E-state index contributed by atoms with van der Waals surface area (Å²) in [6.45, 7) is 1.95. The fourth-order valence-corrected chi connectivity index (χ4v) is 1.48. The zero-order chi connectivity index (χ0) is 11.5. The molecule has 1 heterocycles. The SMILES string of the molecule is CCc1ncc(-c2cccc(F)c2)c(N)n1. The molecule has 0 aliphatic carbocycles. The molecule has 0 unspecified atom stereocenters. The van der Waals surface area contributed by atoms with E-state index in [0.717, 1.165) is 6.42 Å². The first kappa shape index (κ1) is 10.5. The number of halogens is 1. The van der Waals surface area contributed by atoms with Crippen LogP contribution in [0.2, 0.25) is 0 Å². The smallest absolute Gasteiger partial charge is 0.135 e. The fraction of sp³-hybridized carbons (Fsp3) is 0.167. The molecular formula is C12H12FN3. The summed E-state index contributed by atoms with van der Waals surface area (Å²) in [6, 6.07) is 6.23. The molecule has 0 saturated carbocycles. The standard InChI is InChI=1S/C12H12FN3/c1-2-11-15-7-10(12(14)16-11)8-4-3-5-9(13)6-8/h3-7H,2H2,1H3,(H2,14,15,16). The number of hydrogen-bond donors (Lipinski definition) is 1. The van der Waals surface area contributed by atoms with Gasteiger partial charge in [0.15, 0.2) is 0 Å². The van der Waals surface area contributed by atoms with E-state index >= 15 is 0 Å². The molecule has 2 aromatic rings. The molecule has 16 heavy (non-hydrogen) atoms. The van der Waals surface area contributed by atoms with Crippen LogP contribution >= 0.6 is 0 Å². The zero-order valence-corrected chi connectivity index (χ0v) is 8.94. The summed E-state index contributed by atoms with van der Waals surface area (Å²) in [6.07, 6.45) is 2.36. The molecule has 0 atom stereocenters. The van der Waals surface area contributed by atoms with E-state index in [2.05, 4.69) is 9.97 Å². The minimum absolute atomic E-state index is 0.295. The third kappa shape index (κ3) is 2.00. The fourth-order valence-electron chi connectivity index (χ4n) is 1.48. The normalized spacial score (nSPS) is 10.4. The number of anilines is 1. The van der Waals surface area contributed by atoms with Gasteiger partial charge < -0.3 is 5.73 Å². The first-order valence-corrected chi connectivity index (χ1v) is 5.08. The molecule has 0 fully saturated rings. The van der Waals surface area contributed by atoms with Crippen LogP contribution in [0.5, 0.6) is 0 Å². The lowest BCUT2D eigenvalue weighted by Crippen LogP contribution is -2.00. The van der Waals surface area contributed by atoms with Crippen molar-refractivity contribution in [2.24, 2.45) is 0 Å². The number of benzene rings is 1. The van der Waals surface area contributed by atoms with Gasteiger partial charge in [-0.15, -0.1) is 0 Å². The Balaban J connectivity index is 2.48. The number of nitrogen functional groups attached to an aromatic ring is 1. The topological polar surface area (TPSA) is 51.8 Å². The molecule has 3 nitrogen and oxygen atoms in total. The van der Waals surface area contributed by atoms with Crippen molar-refractivity contribution in [3.05, 3.63) is 42.1 Å². The maximum Gasteiger partial charge on any atom is 0.135 e. The van der Waals surface area contributed by atoms with Gasteiger partial charge in [0.25, 0.3) is 0 Å². The van der Waals surface area contributed by atoms with Crippen LogP contribution in [0.1, 0.15) is 12.7 Å². The molecule has 2 N–H and O–H groups in total. The predicted octanol–water partition coefficient (Wildman–Crippen LogP) is 2.43. The van der Waals surface area contributed by atoms with Gasteiger partial charge >= 0.3 is 0 Å². The molecule has 1 aromatic heterocycles. The van der Waals surface area contributed by atoms with Crippen molar-refractivity contribution in [1.29, 1.82) is 0 Å². The minimum Gasteiger partial charge on any atom is -0.383 e. The second-order valence-corrected chi connectivity index (χ2v) is 3.45. The Morgan fingerprint density at radius 1 is 1.38 bits per heavy atom. The lowest BCUT2D eigenvalue weighted by molar-refractivity contribution is 0.628. The highest BCUT2D eigenvalue weighted by molar-refractivity contribution is 5.72. The van der Waals surface area contributed by atoms with Crippen molar-refractivity contribution < 1.29 is 4.39 Å². The zero-order valence-electron chi connectivity index (χ0n) is 8.94. The Bertz CT molecular complexity index is 511. The molecule has 2 rings (SSSR count). The summed E-state index contributed by atoms with van der Waals surface area (Å²) in [4.78, 5) is 8.29. The highest BCUT2D eigenvalue weighted by Gasteiger charge is 2.06. The van der Waals surface area contributed by atoms with E-state index < -0.39 is 0 Å². The van der Waals surface area contributed by atoms with Crippen LogP contribution in [-0.4, -0.2) is 9.97 Å².